The lowest BCUT2D eigenvalue weighted by Crippen LogP contribution is -2.27. The molecule has 0 bridgehead atoms. The van der Waals surface area contributed by atoms with Crippen LogP contribution in [0, 0.1) is 5.92 Å². The SMILES string of the molecule is CCC(=O)OC(C)C(Cc1ccc(OC)cc1)Cc1ccc(OC)cc1. The normalized spacial score (nSPS) is 11.9. The fourth-order valence-electron chi connectivity index (χ4n) is 2.92. The van der Waals surface area contributed by atoms with Gasteiger partial charge in [0.15, 0.2) is 0 Å². The summed E-state index contributed by atoms with van der Waals surface area (Å²) in [6.45, 7) is 3.79. The van der Waals surface area contributed by atoms with Crippen LogP contribution in [-0.4, -0.2) is 26.3 Å². The van der Waals surface area contributed by atoms with Crippen LogP contribution >= 0.6 is 0 Å². The van der Waals surface area contributed by atoms with Crippen LogP contribution in [0.4, 0.5) is 0 Å². The third kappa shape index (κ3) is 5.80. The molecular formula is C22H28O4. The minimum atomic E-state index is -0.161. The summed E-state index contributed by atoms with van der Waals surface area (Å²) >= 11 is 0. The highest BCUT2D eigenvalue weighted by Gasteiger charge is 2.22. The Bertz CT molecular complexity index is 627. The van der Waals surface area contributed by atoms with Gasteiger partial charge in [0.05, 0.1) is 14.2 Å². The molecule has 0 radical (unpaired) electrons. The van der Waals surface area contributed by atoms with Crippen molar-refractivity contribution in [1.82, 2.24) is 0 Å². The minimum Gasteiger partial charge on any atom is -0.497 e. The lowest BCUT2D eigenvalue weighted by atomic mass is 9.88. The van der Waals surface area contributed by atoms with Gasteiger partial charge in [0.25, 0.3) is 0 Å². The predicted octanol–water partition coefficient (Wildman–Crippen LogP) is 4.45. The van der Waals surface area contributed by atoms with Crippen LogP contribution in [0.2, 0.25) is 0 Å². The van der Waals surface area contributed by atoms with Crippen LogP contribution in [0.15, 0.2) is 48.5 Å². The first-order valence-electron chi connectivity index (χ1n) is 9.01. The number of hydrogen-bond acceptors (Lipinski definition) is 4. The Balaban J connectivity index is 2.14. The maximum Gasteiger partial charge on any atom is 0.305 e. The first-order chi connectivity index (χ1) is 12.5. The molecule has 0 saturated carbocycles. The monoisotopic (exact) mass is 356 g/mol. The number of carbonyl (C=O) groups is 1. The number of ether oxygens (including phenoxy) is 3. The van der Waals surface area contributed by atoms with E-state index in [0.29, 0.717) is 6.42 Å². The van der Waals surface area contributed by atoms with Crippen molar-refractivity contribution in [3.05, 3.63) is 59.7 Å². The van der Waals surface area contributed by atoms with Crippen molar-refractivity contribution >= 4 is 5.97 Å². The summed E-state index contributed by atoms with van der Waals surface area (Å²) in [5, 5.41) is 0. The average Bonchev–Trinajstić information content (AvgIpc) is 2.68. The van der Waals surface area contributed by atoms with Gasteiger partial charge in [-0.2, -0.15) is 0 Å². The summed E-state index contributed by atoms with van der Waals surface area (Å²) in [5.41, 5.74) is 2.40. The molecule has 2 aromatic carbocycles. The molecule has 0 aromatic heterocycles. The van der Waals surface area contributed by atoms with Crippen LogP contribution in [0.5, 0.6) is 11.5 Å². The van der Waals surface area contributed by atoms with Crippen LogP contribution in [-0.2, 0) is 22.4 Å². The van der Waals surface area contributed by atoms with E-state index in [4.69, 9.17) is 14.2 Å². The highest BCUT2D eigenvalue weighted by atomic mass is 16.5. The first kappa shape index (κ1) is 19.8. The fraction of sp³-hybridized carbons (Fsp3) is 0.409. The summed E-state index contributed by atoms with van der Waals surface area (Å²) in [5.74, 6) is 1.70. The summed E-state index contributed by atoms with van der Waals surface area (Å²) in [6.07, 6.45) is 1.89. The summed E-state index contributed by atoms with van der Waals surface area (Å²) in [6, 6.07) is 16.1. The maximum atomic E-state index is 11.7. The Morgan fingerprint density at radius 3 is 1.62 bits per heavy atom. The highest BCUT2D eigenvalue weighted by Crippen LogP contribution is 2.23. The van der Waals surface area contributed by atoms with E-state index in [1.54, 1.807) is 14.2 Å². The second kappa shape index (κ2) is 9.85. The van der Waals surface area contributed by atoms with Gasteiger partial charge in [-0.1, -0.05) is 31.2 Å². The van der Waals surface area contributed by atoms with Gasteiger partial charge in [0, 0.05) is 12.3 Å². The van der Waals surface area contributed by atoms with Crippen molar-refractivity contribution in [3.63, 3.8) is 0 Å². The molecule has 1 atom stereocenters. The van der Waals surface area contributed by atoms with Gasteiger partial charge >= 0.3 is 5.97 Å². The molecule has 0 fully saturated rings. The Kier molecular flexibility index (Phi) is 7.52. The molecule has 140 valence electrons. The van der Waals surface area contributed by atoms with Crippen LogP contribution < -0.4 is 9.47 Å². The topological polar surface area (TPSA) is 44.8 Å². The molecule has 26 heavy (non-hydrogen) atoms. The molecule has 0 spiro atoms. The van der Waals surface area contributed by atoms with E-state index < -0.39 is 0 Å². The molecule has 0 saturated heterocycles. The zero-order valence-electron chi connectivity index (χ0n) is 16.0. The van der Waals surface area contributed by atoms with E-state index in [1.165, 1.54) is 11.1 Å². The molecule has 0 amide bonds. The number of rotatable bonds is 9. The molecule has 4 nitrogen and oxygen atoms in total. The van der Waals surface area contributed by atoms with Gasteiger partial charge in [-0.05, 0) is 55.2 Å². The average molecular weight is 356 g/mol. The Morgan fingerprint density at radius 2 is 1.27 bits per heavy atom. The van der Waals surface area contributed by atoms with Crippen molar-refractivity contribution in [2.75, 3.05) is 14.2 Å². The largest absolute Gasteiger partial charge is 0.497 e. The summed E-state index contributed by atoms with van der Waals surface area (Å²) in [4.78, 5) is 11.7. The van der Waals surface area contributed by atoms with Crippen LogP contribution in [0.1, 0.15) is 31.4 Å². The van der Waals surface area contributed by atoms with Crippen molar-refractivity contribution in [1.29, 1.82) is 0 Å². The molecule has 0 N–H and O–H groups in total. The van der Waals surface area contributed by atoms with Gasteiger partial charge < -0.3 is 14.2 Å². The number of esters is 1. The zero-order valence-corrected chi connectivity index (χ0v) is 16.0. The Labute approximate surface area is 156 Å². The van der Waals surface area contributed by atoms with E-state index in [0.717, 1.165) is 24.3 Å². The molecular weight excluding hydrogens is 328 g/mol. The third-order valence-electron chi connectivity index (χ3n) is 4.58. The lowest BCUT2D eigenvalue weighted by molar-refractivity contribution is -0.150. The zero-order chi connectivity index (χ0) is 18.9. The van der Waals surface area contributed by atoms with Crippen molar-refractivity contribution in [3.8, 4) is 11.5 Å². The van der Waals surface area contributed by atoms with E-state index in [-0.39, 0.29) is 18.0 Å². The number of methoxy groups -OCH3 is 2. The van der Waals surface area contributed by atoms with Crippen molar-refractivity contribution in [2.45, 2.75) is 39.2 Å². The number of carbonyl (C=O) groups excluding carboxylic acids is 1. The minimum absolute atomic E-state index is 0.160. The second-order valence-electron chi connectivity index (χ2n) is 6.41. The lowest BCUT2D eigenvalue weighted by Gasteiger charge is -2.24. The molecule has 2 rings (SSSR count). The quantitative estimate of drug-likeness (QED) is 0.623. The summed E-state index contributed by atoms with van der Waals surface area (Å²) in [7, 11) is 3.32. The number of hydrogen-bond donors (Lipinski definition) is 0. The molecule has 2 aromatic rings. The van der Waals surface area contributed by atoms with Gasteiger partial charge in [0.2, 0.25) is 0 Å². The molecule has 0 heterocycles. The standard InChI is InChI=1S/C22H28O4/c1-5-22(23)26-16(2)19(14-17-6-10-20(24-3)11-7-17)15-18-8-12-21(25-4)13-9-18/h6-13,16,19H,5,14-15H2,1-4H3. The van der Waals surface area contributed by atoms with Crippen LogP contribution in [0.25, 0.3) is 0 Å². The summed E-state index contributed by atoms with van der Waals surface area (Å²) < 4.78 is 16.1. The molecule has 1 unspecified atom stereocenters. The van der Waals surface area contributed by atoms with Crippen molar-refractivity contribution in [2.24, 2.45) is 5.92 Å². The van der Waals surface area contributed by atoms with Gasteiger partial charge in [-0.15, -0.1) is 0 Å². The first-order valence-corrected chi connectivity index (χ1v) is 9.01. The molecule has 0 aliphatic heterocycles. The second-order valence-corrected chi connectivity index (χ2v) is 6.41. The smallest absolute Gasteiger partial charge is 0.305 e. The van der Waals surface area contributed by atoms with E-state index >= 15 is 0 Å². The van der Waals surface area contributed by atoms with E-state index in [9.17, 15) is 4.79 Å². The molecule has 0 aliphatic rings. The van der Waals surface area contributed by atoms with Crippen molar-refractivity contribution < 1.29 is 19.0 Å². The molecule has 4 heteroatoms. The van der Waals surface area contributed by atoms with E-state index in [1.807, 2.05) is 38.1 Å². The van der Waals surface area contributed by atoms with Gasteiger partial charge in [0.1, 0.15) is 17.6 Å². The Morgan fingerprint density at radius 1 is 0.846 bits per heavy atom. The van der Waals surface area contributed by atoms with Crippen LogP contribution in [0.3, 0.4) is 0 Å². The predicted molar refractivity (Wildman–Crippen MR) is 103 cm³/mol. The highest BCUT2D eigenvalue weighted by molar-refractivity contribution is 5.69. The number of benzene rings is 2. The fourth-order valence-corrected chi connectivity index (χ4v) is 2.92. The maximum absolute atomic E-state index is 11.7. The van der Waals surface area contributed by atoms with Gasteiger partial charge in [-0.25, -0.2) is 0 Å². The van der Waals surface area contributed by atoms with E-state index in [2.05, 4.69) is 24.3 Å². The third-order valence-corrected chi connectivity index (χ3v) is 4.58. The Hall–Kier alpha value is -2.49. The molecule has 0 aliphatic carbocycles. The van der Waals surface area contributed by atoms with Gasteiger partial charge in [-0.3, -0.25) is 4.79 Å².